The molecule has 0 spiro atoms. The van der Waals surface area contributed by atoms with Crippen LogP contribution in [0.5, 0.6) is 0 Å². The molecule has 0 amide bonds. The fourth-order valence-corrected chi connectivity index (χ4v) is 2.66. The van der Waals surface area contributed by atoms with Crippen LogP contribution in [0.25, 0.3) is 0 Å². The summed E-state index contributed by atoms with van der Waals surface area (Å²) in [4.78, 5) is 6.69. The zero-order chi connectivity index (χ0) is 13.9. The van der Waals surface area contributed by atoms with E-state index in [1.807, 2.05) is 6.07 Å². The second-order valence-electron chi connectivity index (χ2n) is 5.07. The first-order valence-electron chi connectivity index (χ1n) is 6.86. The van der Waals surface area contributed by atoms with Gasteiger partial charge in [-0.15, -0.1) is 0 Å². The smallest absolute Gasteiger partial charge is 0.129 e. The Balaban J connectivity index is 1.83. The van der Waals surface area contributed by atoms with Crippen LogP contribution in [0.2, 0.25) is 0 Å². The van der Waals surface area contributed by atoms with Crippen LogP contribution in [0.4, 0.5) is 5.82 Å². The predicted molar refractivity (Wildman–Crippen MR) is 81.3 cm³/mol. The van der Waals surface area contributed by atoms with Crippen molar-refractivity contribution in [1.29, 1.82) is 5.41 Å². The molecule has 0 radical (unpaired) electrons. The molecule has 1 aliphatic heterocycles. The monoisotopic (exact) mass is 266 g/mol. The minimum absolute atomic E-state index is 0.0896. The number of amidine groups is 1. The van der Waals surface area contributed by atoms with Gasteiger partial charge in [-0.25, -0.2) is 4.98 Å². The lowest BCUT2D eigenvalue weighted by atomic mass is 10.0. The maximum atomic E-state index is 7.53. The van der Waals surface area contributed by atoms with E-state index in [1.54, 1.807) is 12.3 Å². The Morgan fingerprint density at radius 2 is 1.75 bits per heavy atom. The van der Waals surface area contributed by atoms with Crippen molar-refractivity contribution in [3.05, 3.63) is 59.3 Å². The van der Waals surface area contributed by atoms with Crippen LogP contribution < -0.4 is 10.6 Å². The van der Waals surface area contributed by atoms with Gasteiger partial charge in [0.15, 0.2) is 0 Å². The van der Waals surface area contributed by atoms with Gasteiger partial charge in [0.05, 0.1) is 0 Å². The highest BCUT2D eigenvalue weighted by Crippen LogP contribution is 2.20. The van der Waals surface area contributed by atoms with E-state index in [9.17, 15) is 0 Å². The van der Waals surface area contributed by atoms with Gasteiger partial charge in [-0.2, -0.15) is 0 Å². The van der Waals surface area contributed by atoms with Crippen LogP contribution in [0.1, 0.15) is 16.7 Å². The first kappa shape index (κ1) is 12.7. The summed E-state index contributed by atoms with van der Waals surface area (Å²) in [6.07, 6.45) is 3.79. The molecule has 0 aliphatic carbocycles. The van der Waals surface area contributed by atoms with Crippen molar-refractivity contribution in [2.45, 2.75) is 12.8 Å². The van der Waals surface area contributed by atoms with E-state index in [0.717, 1.165) is 37.3 Å². The Hall–Kier alpha value is -2.36. The molecule has 1 aromatic heterocycles. The molecule has 1 aromatic carbocycles. The second kappa shape index (κ2) is 5.33. The quantitative estimate of drug-likeness (QED) is 0.645. The zero-order valence-corrected chi connectivity index (χ0v) is 11.3. The number of nitrogens with zero attached hydrogens (tertiary/aromatic N) is 2. The maximum absolute atomic E-state index is 7.53. The van der Waals surface area contributed by atoms with Crippen molar-refractivity contribution < 1.29 is 0 Å². The number of benzene rings is 1. The first-order valence-corrected chi connectivity index (χ1v) is 6.86. The molecule has 3 N–H and O–H groups in total. The van der Waals surface area contributed by atoms with E-state index in [0.29, 0.717) is 0 Å². The van der Waals surface area contributed by atoms with Crippen molar-refractivity contribution in [3.8, 4) is 0 Å². The largest absolute Gasteiger partial charge is 0.384 e. The van der Waals surface area contributed by atoms with Crippen molar-refractivity contribution in [1.82, 2.24) is 4.98 Å². The maximum Gasteiger partial charge on any atom is 0.129 e. The summed E-state index contributed by atoms with van der Waals surface area (Å²) in [6, 6.07) is 12.3. The van der Waals surface area contributed by atoms with E-state index in [4.69, 9.17) is 11.1 Å². The number of fused-ring (bicyclic) bond motifs is 1. The summed E-state index contributed by atoms with van der Waals surface area (Å²) < 4.78 is 0. The predicted octanol–water partition coefficient (Wildman–Crippen LogP) is 1.97. The molecule has 0 fully saturated rings. The number of hydrogen-bond acceptors (Lipinski definition) is 3. The van der Waals surface area contributed by atoms with Crippen molar-refractivity contribution in [3.63, 3.8) is 0 Å². The molecule has 20 heavy (non-hydrogen) atoms. The van der Waals surface area contributed by atoms with Gasteiger partial charge in [0.25, 0.3) is 0 Å². The summed E-state index contributed by atoms with van der Waals surface area (Å²) in [5.41, 5.74) is 9.14. The highest BCUT2D eigenvalue weighted by atomic mass is 15.2. The molecule has 2 aromatic rings. The highest BCUT2D eigenvalue weighted by molar-refractivity contribution is 5.95. The molecule has 102 valence electrons. The molecule has 2 heterocycles. The molecule has 4 heteroatoms. The highest BCUT2D eigenvalue weighted by Gasteiger charge is 2.15. The number of nitrogens with one attached hydrogen (secondary N) is 1. The van der Waals surface area contributed by atoms with E-state index >= 15 is 0 Å². The van der Waals surface area contributed by atoms with Crippen molar-refractivity contribution >= 4 is 11.7 Å². The third-order valence-electron chi connectivity index (χ3n) is 3.80. The molecule has 0 saturated heterocycles. The Morgan fingerprint density at radius 1 is 1.10 bits per heavy atom. The van der Waals surface area contributed by atoms with Gasteiger partial charge < -0.3 is 10.6 Å². The SMILES string of the molecule is N=C(N)c1ccnc(N2CCc3ccccc3CC2)c1. The topological polar surface area (TPSA) is 66.0 Å². The molecule has 0 saturated carbocycles. The van der Waals surface area contributed by atoms with Crippen LogP contribution in [-0.4, -0.2) is 23.9 Å². The number of nitrogens with two attached hydrogens (primary N) is 1. The van der Waals surface area contributed by atoms with Gasteiger partial charge in [-0.1, -0.05) is 24.3 Å². The minimum atomic E-state index is 0.0896. The summed E-state index contributed by atoms with van der Waals surface area (Å²) in [5, 5.41) is 7.53. The minimum Gasteiger partial charge on any atom is -0.384 e. The van der Waals surface area contributed by atoms with Crippen LogP contribution in [0, 0.1) is 5.41 Å². The number of hydrogen-bond donors (Lipinski definition) is 2. The first-order chi connectivity index (χ1) is 9.74. The molecular weight excluding hydrogens is 248 g/mol. The summed E-state index contributed by atoms with van der Waals surface area (Å²) in [6.45, 7) is 1.90. The van der Waals surface area contributed by atoms with Gasteiger partial charge >= 0.3 is 0 Å². The second-order valence-corrected chi connectivity index (χ2v) is 5.07. The third-order valence-corrected chi connectivity index (χ3v) is 3.80. The van der Waals surface area contributed by atoms with Crippen LogP contribution in [-0.2, 0) is 12.8 Å². The number of pyridine rings is 1. The number of anilines is 1. The standard InChI is InChI=1S/C16H18N4/c17-16(18)14-5-8-19-15(11-14)20-9-6-12-3-1-2-4-13(12)7-10-20/h1-5,8,11H,6-7,9-10H2,(H3,17,18). The van der Waals surface area contributed by atoms with Gasteiger partial charge in [0.1, 0.15) is 11.7 Å². The van der Waals surface area contributed by atoms with Crippen molar-refractivity contribution in [2.75, 3.05) is 18.0 Å². The fraction of sp³-hybridized carbons (Fsp3) is 0.250. The van der Waals surface area contributed by atoms with Gasteiger partial charge in [-0.05, 0) is 36.1 Å². The molecule has 0 atom stereocenters. The molecular formula is C16H18N4. The van der Waals surface area contributed by atoms with E-state index < -0.39 is 0 Å². The van der Waals surface area contributed by atoms with E-state index in [1.165, 1.54) is 11.1 Å². The van der Waals surface area contributed by atoms with E-state index in [2.05, 4.69) is 34.1 Å². The summed E-state index contributed by atoms with van der Waals surface area (Å²) >= 11 is 0. The number of nitrogen functional groups attached to an aromatic ring is 1. The Morgan fingerprint density at radius 3 is 2.35 bits per heavy atom. The van der Waals surface area contributed by atoms with Crippen LogP contribution in [0.15, 0.2) is 42.6 Å². The fourth-order valence-electron chi connectivity index (χ4n) is 2.66. The molecule has 1 aliphatic rings. The van der Waals surface area contributed by atoms with Crippen LogP contribution in [0.3, 0.4) is 0 Å². The Bertz CT molecular complexity index is 609. The molecule has 0 bridgehead atoms. The average molecular weight is 266 g/mol. The summed E-state index contributed by atoms with van der Waals surface area (Å²) in [7, 11) is 0. The van der Waals surface area contributed by atoms with Crippen LogP contribution >= 0.6 is 0 Å². The van der Waals surface area contributed by atoms with Crippen molar-refractivity contribution in [2.24, 2.45) is 5.73 Å². The number of aromatic nitrogens is 1. The lowest BCUT2D eigenvalue weighted by Crippen LogP contribution is -2.27. The lowest BCUT2D eigenvalue weighted by molar-refractivity contribution is 0.790. The third kappa shape index (κ3) is 2.50. The van der Waals surface area contributed by atoms with Gasteiger partial charge in [0, 0.05) is 24.8 Å². The van der Waals surface area contributed by atoms with E-state index in [-0.39, 0.29) is 5.84 Å². The average Bonchev–Trinajstić information content (AvgIpc) is 2.70. The van der Waals surface area contributed by atoms with Gasteiger partial charge in [0.2, 0.25) is 0 Å². The Kier molecular flexibility index (Phi) is 3.37. The normalized spacial score (nSPS) is 14.5. The molecule has 3 rings (SSSR count). The molecule has 4 nitrogen and oxygen atoms in total. The number of rotatable bonds is 2. The molecule has 0 unspecified atom stereocenters. The Labute approximate surface area is 118 Å². The van der Waals surface area contributed by atoms with Gasteiger partial charge in [-0.3, -0.25) is 5.41 Å². The zero-order valence-electron chi connectivity index (χ0n) is 11.3. The lowest BCUT2D eigenvalue weighted by Gasteiger charge is -2.21. The summed E-state index contributed by atoms with van der Waals surface area (Å²) in [5.74, 6) is 0.997.